The quantitative estimate of drug-likeness (QED) is 0.648. The summed E-state index contributed by atoms with van der Waals surface area (Å²) in [5.74, 6) is 0.265. The molecule has 0 spiro atoms. The molecule has 158 valence electrons. The van der Waals surface area contributed by atoms with Gasteiger partial charge in [0, 0.05) is 23.2 Å². The van der Waals surface area contributed by atoms with Crippen LogP contribution in [-0.2, 0) is 9.59 Å². The second kappa shape index (κ2) is 7.24. The number of hydrogen-bond acceptors (Lipinski definition) is 3. The van der Waals surface area contributed by atoms with Crippen LogP contribution in [0.1, 0.15) is 57.8 Å². The van der Waals surface area contributed by atoms with Crippen molar-refractivity contribution in [2.45, 2.75) is 46.6 Å². The van der Waals surface area contributed by atoms with Gasteiger partial charge in [-0.1, -0.05) is 52.0 Å². The van der Waals surface area contributed by atoms with E-state index < -0.39 is 6.10 Å². The van der Waals surface area contributed by atoms with Crippen LogP contribution in [0.2, 0.25) is 0 Å². The second-order valence-electron chi connectivity index (χ2n) is 10.1. The highest BCUT2D eigenvalue weighted by Gasteiger charge is 2.51. The number of carbonyl (C=O) groups is 2. The van der Waals surface area contributed by atoms with Gasteiger partial charge < -0.3 is 15.7 Å². The van der Waals surface area contributed by atoms with Crippen molar-refractivity contribution in [1.29, 1.82) is 0 Å². The van der Waals surface area contributed by atoms with Crippen LogP contribution in [0.25, 0.3) is 0 Å². The van der Waals surface area contributed by atoms with E-state index in [-0.39, 0.29) is 34.5 Å². The van der Waals surface area contributed by atoms with Crippen molar-refractivity contribution in [2.75, 3.05) is 10.6 Å². The molecule has 5 nitrogen and oxygen atoms in total. The summed E-state index contributed by atoms with van der Waals surface area (Å²) in [6, 6.07) is 14.6. The minimum atomic E-state index is -0.774. The molecule has 2 aliphatic carbocycles. The Morgan fingerprint density at radius 2 is 1.07 bits per heavy atom. The Bertz CT molecular complexity index is 881. The fourth-order valence-corrected chi connectivity index (χ4v) is 3.98. The number of carbonyl (C=O) groups excluding carboxylic acids is 2. The first kappa shape index (κ1) is 20.6. The van der Waals surface area contributed by atoms with Gasteiger partial charge in [-0.3, -0.25) is 9.59 Å². The maximum Gasteiger partial charge on any atom is 0.228 e. The fraction of sp³-hybridized carbons (Fsp3) is 0.440. The van der Waals surface area contributed by atoms with E-state index in [1.54, 1.807) is 0 Å². The van der Waals surface area contributed by atoms with Crippen LogP contribution in [0.15, 0.2) is 48.5 Å². The number of hydrogen-bond donors (Lipinski definition) is 3. The molecule has 2 fully saturated rings. The van der Waals surface area contributed by atoms with Gasteiger partial charge in [-0.2, -0.15) is 0 Å². The van der Waals surface area contributed by atoms with E-state index in [0.29, 0.717) is 0 Å². The van der Waals surface area contributed by atoms with Crippen LogP contribution in [-0.4, -0.2) is 16.9 Å². The Kier molecular flexibility index (Phi) is 4.97. The Balaban J connectivity index is 1.35. The number of nitrogens with one attached hydrogen (secondary N) is 2. The SMILES string of the molecule is CC1(C)C[C@@H]1C(=O)Nc1ccc(C(O)c2ccc(NC(=O)[C@H]3CC3(C)C)cc2)cc1. The maximum atomic E-state index is 12.2. The molecule has 0 heterocycles. The molecule has 30 heavy (non-hydrogen) atoms. The standard InChI is InChI=1S/C25H30N2O3/c1-24(2)13-19(24)22(29)26-17-9-5-15(6-10-17)21(28)16-7-11-18(12-8-16)27-23(30)20-14-25(20,3)4/h5-12,19-21,28H,13-14H2,1-4H3,(H,26,29)(H,27,30)/t19-,20-/m1/s1. The third-order valence-corrected chi connectivity index (χ3v) is 6.65. The highest BCUT2D eigenvalue weighted by atomic mass is 16.3. The summed E-state index contributed by atoms with van der Waals surface area (Å²) < 4.78 is 0. The van der Waals surface area contributed by atoms with E-state index in [1.165, 1.54) is 0 Å². The molecule has 2 atom stereocenters. The highest BCUT2D eigenvalue weighted by Crippen LogP contribution is 2.52. The lowest BCUT2D eigenvalue weighted by Crippen LogP contribution is -2.16. The van der Waals surface area contributed by atoms with Crippen molar-refractivity contribution in [3.8, 4) is 0 Å². The van der Waals surface area contributed by atoms with Gasteiger partial charge in [-0.25, -0.2) is 0 Å². The second-order valence-corrected chi connectivity index (χ2v) is 10.1. The average Bonchev–Trinajstić information content (AvgIpc) is 3.55. The molecule has 0 bridgehead atoms. The zero-order chi connectivity index (χ0) is 21.7. The number of aliphatic hydroxyl groups excluding tert-OH is 1. The number of aliphatic hydroxyl groups is 1. The van der Waals surface area contributed by atoms with Crippen LogP contribution in [0.3, 0.4) is 0 Å². The largest absolute Gasteiger partial charge is 0.384 e. The monoisotopic (exact) mass is 406 g/mol. The normalized spacial score (nSPS) is 23.0. The summed E-state index contributed by atoms with van der Waals surface area (Å²) in [5, 5.41) is 16.6. The van der Waals surface area contributed by atoms with Crippen LogP contribution < -0.4 is 10.6 Å². The molecule has 3 N–H and O–H groups in total. The molecule has 0 aromatic heterocycles. The lowest BCUT2D eigenvalue weighted by atomic mass is 10.0. The first-order valence-corrected chi connectivity index (χ1v) is 10.6. The molecule has 0 saturated heterocycles. The van der Waals surface area contributed by atoms with E-state index in [4.69, 9.17) is 0 Å². The van der Waals surface area contributed by atoms with Crippen molar-refractivity contribution in [3.05, 3.63) is 59.7 Å². The van der Waals surface area contributed by atoms with Crippen LogP contribution >= 0.6 is 0 Å². The highest BCUT2D eigenvalue weighted by molar-refractivity contribution is 5.95. The minimum Gasteiger partial charge on any atom is -0.384 e. The minimum absolute atomic E-state index is 0.0560. The molecule has 4 rings (SSSR count). The van der Waals surface area contributed by atoms with E-state index in [2.05, 4.69) is 38.3 Å². The molecular weight excluding hydrogens is 376 g/mol. The first-order chi connectivity index (χ1) is 14.1. The summed E-state index contributed by atoms with van der Waals surface area (Å²) in [6.07, 6.45) is 1.07. The van der Waals surface area contributed by atoms with Crippen molar-refractivity contribution >= 4 is 23.2 Å². The topological polar surface area (TPSA) is 78.4 Å². The van der Waals surface area contributed by atoms with Crippen molar-refractivity contribution < 1.29 is 14.7 Å². The summed E-state index contributed by atoms with van der Waals surface area (Å²) in [4.78, 5) is 24.5. The summed E-state index contributed by atoms with van der Waals surface area (Å²) >= 11 is 0. The molecule has 5 heteroatoms. The predicted molar refractivity (Wildman–Crippen MR) is 118 cm³/mol. The van der Waals surface area contributed by atoms with Crippen molar-refractivity contribution in [2.24, 2.45) is 22.7 Å². The van der Waals surface area contributed by atoms with E-state index in [0.717, 1.165) is 35.3 Å². The molecule has 2 aliphatic rings. The molecule has 0 radical (unpaired) electrons. The lowest BCUT2D eigenvalue weighted by Gasteiger charge is -2.14. The number of anilines is 2. The summed E-state index contributed by atoms with van der Waals surface area (Å²) in [6.45, 7) is 8.39. The maximum absolute atomic E-state index is 12.2. The van der Waals surface area contributed by atoms with Crippen LogP contribution in [0.5, 0.6) is 0 Å². The molecule has 2 aromatic rings. The molecule has 2 saturated carbocycles. The molecule has 0 unspecified atom stereocenters. The van der Waals surface area contributed by atoms with E-state index in [1.807, 2.05) is 48.5 Å². The third kappa shape index (κ3) is 4.26. The van der Waals surface area contributed by atoms with Crippen molar-refractivity contribution in [1.82, 2.24) is 0 Å². The summed E-state index contributed by atoms with van der Waals surface area (Å²) in [5.41, 5.74) is 3.16. The molecular formula is C25H30N2O3. The number of benzene rings is 2. The van der Waals surface area contributed by atoms with Crippen LogP contribution in [0, 0.1) is 22.7 Å². The molecule has 0 aliphatic heterocycles. The van der Waals surface area contributed by atoms with Gasteiger partial charge in [0.25, 0.3) is 0 Å². The number of amides is 2. The molecule has 2 aromatic carbocycles. The van der Waals surface area contributed by atoms with Gasteiger partial charge in [0.05, 0.1) is 0 Å². The Labute approximate surface area is 177 Å². The number of rotatable bonds is 6. The summed E-state index contributed by atoms with van der Waals surface area (Å²) in [7, 11) is 0. The van der Waals surface area contributed by atoms with Crippen LogP contribution in [0.4, 0.5) is 11.4 Å². The van der Waals surface area contributed by atoms with E-state index in [9.17, 15) is 14.7 Å². The Morgan fingerprint density at radius 1 is 0.767 bits per heavy atom. The van der Waals surface area contributed by atoms with Gasteiger partial charge in [0.15, 0.2) is 0 Å². The predicted octanol–water partition coefficient (Wildman–Crippen LogP) is 4.74. The van der Waals surface area contributed by atoms with Gasteiger partial charge in [-0.05, 0) is 59.1 Å². The van der Waals surface area contributed by atoms with Gasteiger partial charge >= 0.3 is 0 Å². The van der Waals surface area contributed by atoms with Crippen molar-refractivity contribution in [3.63, 3.8) is 0 Å². The van der Waals surface area contributed by atoms with Gasteiger partial charge in [0.1, 0.15) is 6.10 Å². The third-order valence-electron chi connectivity index (χ3n) is 6.65. The van der Waals surface area contributed by atoms with Gasteiger partial charge in [-0.15, -0.1) is 0 Å². The smallest absolute Gasteiger partial charge is 0.228 e. The Hall–Kier alpha value is -2.66. The average molecular weight is 407 g/mol. The first-order valence-electron chi connectivity index (χ1n) is 10.6. The molecule has 2 amide bonds. The van der Waals surface area contributed by atoms with E-state index >= 15 is 0 Å². The Morgan fingerprint density at radius 3 is 1.33 bits per heavy atom. The fourth-order valence-electron chi connectivity index (χ4n) is 3.98. The zero-order valence-corrected chi connectivity index (χ0v) is 18.0. The lowest BCUT2D eigenvalue weighted by molar-refractivity contribution is -0.118. The zero-order valence-electron chi connectivity index (χ0n) is 18.0. The van der Waals surface area contributed by atoms with Gasteiger partial charge in [0.2, 0.25) is 11.8 Å².